The zero-order chi connectivity index (χ0) is 95.7. The molecule has 15 rings (SSSR count). The summed E-state index contributed by atoms with van der Waals surface area (Å²) in [5.74, 6) is 5.53. The van der Waals surface area contributed by atoms with Crippen molar-refractivity contribution in [1.82, 2.24) is 89.2 Å². The number of methoxy groups -OCH3 is 4. The van der Waals surface area contributed by atoms with Crippen molar-refractivity contribution in [3.05, 3.63) is 161 Å². The van der Waals surface area contributed by atoms with E-state index in [1.165, 1.54) is 0 Å². The number of benzene rings is 2. The summed E-state index contributed by atoms with van der Waals surface area (Å²) in [6.45, 7) is 37.2. The summed E-state index contributed by atoms with van der Waals surface area (Å²) < 4.78 is 35.4. The fourth-order valence-corrected chi connectivity index (χ4v) is 16.2. The molecule has 4 aliphatic heterocycles. The standard InChI is InChI=1S/C34H46N8O3.C29H42BN5O5.C25H36N8O.C11H16BrN3/c1-6-7-12-34(2,23-43)40-32-31-29(38-33(39-32)37-20-25-9-11-28(44-4)18-30(25)45-5)17-26(21-36-31)24-8-10-27(35-19-24)22-42-15-13-41(3)14-16-42;1-9-10-13-29(6,18-36)35-25-24-22(14-20(17-31-24)30-39-27(2,3)28(4,5)40-30)33-26(34-25)32-16-19-11-12-21(37-7)15-23(19)38-8;1-4-5-8-25(2,17-34)31-23-22-21(29-24(26)30-23)13-19(15-28-22)18-6-7-20(27-14-18)16-33-11-9-32(3)10-12-33;1-14-4-6-15(7-5-14)9-11-3-2-10(12)8-13-11/h8-11,17-19,21,43H,6-7,12-16,20,22-23H2,1-5H3,(H2,37,38,39,40);11-12,14-15,17,36H,9-10,13,16,18H2,1-8H3,(H2,32,33,34,35);6-7,13-15,34H,4-5,8-12,16-17H2,1-3H3,(H3,26,29,30,31);2-3,8H,4-7,9H2,1H3/t34-;29-;25-;/m111./s1. The van der Waals surface area contributed by atoms with Crippen LogP contribution in [0.2, 0.25) is 0 Å². The Morgan fingerprint density at radius 1 is 0.425 bits per heavy atom. The number of nitrogens with two attached hydrogens (primary N) is 1. The van der Waals surface area contributed by atoms with Gasteiger partial charge in [0.1, 0.15) is 39.5 Å². The molecule has 0 bridgehead atoms. The van der Waals surface area contributed by atoms with Gasteiger partial charge in [0.25, 0.3) is 0 Å². The fourth-order valence-electron chi connectivity index (χ4n) is 16.0. The lowest BCUT2D eigenvalue weighted by Gasteiger charge is -2.32. The van der Waals surface area contributed by atoms with E-state index in [1.807, 2.05) is 134 Å². The number of aromatic nitrogens is 12. The first-order chi connectivity index (χ1) is 64.4. The van der Waals surface area contributed by atoms with Crippen LogP contribution in [0.3, 0.4) is 0 Å². The van der Waals surface area contributed by atoms with Gasteiger partial charge in [-0.15, -0.1) is 0 Å². The Bertz CT molecular complexity index is 5570. The molecule has 720 valence electrons. The van der Waals surface area contributed by atoms with Crippen molar-refractivity contribution in [3.63, 3.8) is 0 Å². The Morgan fingerprint density at radius 2 is 0.784 bits per heavy atom. The number of ether oxygens (including phenoxy) is 4. The van der Waals surface area contributed by atoms with Gasteiger partial charge in [0.05, 0.1) is 110 Å². The third-order valence-corrected chi connectivity index (χ3v) is 26.1. The van der Waals surface area contributed by atoms with E-state index in [0.29, 0.717) is 92.8 Å². The molecule has 11 aromatic rings. The molecule has 0 amide bonds. The lowest BCUT2D eigenvalue weighted by Crippen LogP contribution is -2.43. The molecular weight excluding hydrogens is 1760 g/mol. The molecule has 4 aliphatic rings. The molecule has 4 fully saturated rings. The van der Waals surface area contributed by atoms with Gasteiger partial charge in [-0.05, 0) is 172 Å². The van der Waals surface area contributed by atoms with Crippen LogP contribution in [0.15, 0.2) is 133 Å². The number of hydrogen-bond acceptors (Lipinski definition) is 33. The second-order valence-electron chi connectivity index (χ2n) is 37.3. The molecule has 13 heterocycles. The molecule has 3 atom stereocenters. The number of piperazine rings is 3. The van der Waals surface area contributed by atoms with Crippen molar-refractivity contribution in [2.75, 3.05) is 180 Å². The average Bonchev–Trinajstić information content (AvgIpc) is 1.56. The minimum atomic E-state index is -0.570. The number of fused-ring (bicyclic) bond motifs is 3. The second-order valence-corrected chi connectivity index (χ2v) is 38.2. The summed E-state index contributed by atoms with van der Waals surface area (Å²) in [6, 6.07) is 29.8. The van der Waals surface area contributed by atoms with Crippen molar-refractivity contribution in [2.24, 2.45) is 0 Å². The van der Waals surface area contributed by atoms with Gasteiger partial charge in [0.15, 0.2) is 17.5 Å². The maximum Gasteiger partial charge on any atom is 0.496 e. The van der Waals surface area contributed by atoms with E-state index >= 15 is 0 Å². The second kappa shape index (κ2) is 47.8. The number of aliphatic hydroxyl groups excluding tert-OH is 3. The van der Waals surface area contributed by atoms with Gasteiger partial charge in [-0.25, -0.2) is 15.0 Å². The normalized spacial score (nSPS) is 16.9. The first-order valence-electron chi connectivity index (χ1n) is 46.8. The zero-order valence-corrected chi connectivity index (χ0v) is 83.1. The number of nitrogens with zero attached hydrogens (tertiary/aromatic N) is 18. The maximum atomic E-state index is 10.3. The van der Waals surface area contributed by atoms with Gasteiger partial charge in [0, 0.05) is 204 Å². The predicted molar refractivity (Wildman–Crippen MR) is 539 cm³/mol. The van der Waals surface area contributed by atoms with Crippen LogP contribution in [0.25, 0.3) is 55.4 Å². The SMILES string of the molecule is CCCC[C@](C)(CO)Nc1nc(N)nc2cc(-c3ccc(CN4CCN(C)CC4)nc3)cnc12.CCCC[C@](C)(CO)Nc1nc(NCc2ccc(OC)cc2OC)nc2cc(-c3ccc(CN4CCN(C)CC4)nc3)cnc12.CCCC[C@](C)(CO)Nc1nc(NCc2ccc(OC)cc2OC)nc2cc(B3OC(C)(C)C(C)(C)O3)cnc12.CN1CCN(Cc2ccc(Br)cn2)CC1. The van der Waals surface area contributed by atoms with Crippen molar-refractivity contribution >= 4 is 96.9 Å². The largest absolute Gasteiger partial charge is 0.497 e. The Balaban J connectivity index is 0.000000169. The zero-order valence-electron chi connectivity index (χ0n) is 81.5. The van der Waals surface area contributed by atoms with Crippen molar-refractivity contribution in [3.8, 4) is 45.3 Å². The summed E-state index contributed by atoms with van der Waals surface area (Å²) in [7, 11) is 12.5. The van der Waals surface area contributed by atoms with E-state index in [-0.39, 0.29) is 25.8 Å². The molecule has 35 heteroatoms. The van der Waals surface area contributed by atoms with Gasteiger partial charge >= 0.3 is 7.12 Å². The molecule has 134 heavy (non-hydrogen) atoms. The van der Waals surface area contributed by atoms with E-state index < -0.39 is 34.9 Å². The summed E-state index contributed by atoms with van der Waals surface area (Å²) in [5, 5.41) is 47.6. The highest BCUT2D eigenvalue weighted by atomic mass is 79.9. The molecule has 0 radical (unpaired) electrons. The predicted octanol–water partition coefficient (Wildman–Crippen LogP) is 13.5. The Kier molecular flexibility index (Phi) is 36.5. The molecule has 2 aromatic carbocycles. The number of halogens is 1. The minimum absolute atomic E-state index is 0.0113. The lowest BCUT2D eigenvalue weighted by atomic mass is 9.80. The Hall–Kier alpha value is -10.5. The monoisotopic (exact) mass is 1900 g/mol. The topological polar surface area (TPSA) is 376 Å². The first kappa shape index (κ1) is 102. The number of nitrogens with one attached hydrogen (secondary N) is 5. The number of hydrogen-bond donors (Lipinski definition) is 9. The number of aliphatic hydroxyl groups is 3. The maximum absolute atomic E-state index is 10.3. The highest BCUT2D eigenvalue weighted by molar-refractivity contribution is 9.10. The average molecular weight is 1900 g/mol. The third-order valence-electron chi connectivity index (χ3n) is 25.6. The highest BCUT2D eigenvalue weighted by Crippen LogP contribution is 2.39. The molecular formula is C99H140BBrN24O9. The Morgan fingerprint density at radius 3 is 1.13 bits per heavy atom. The van der Waals surface area contributed by atoms with Crippen molar-refractivity contribution in [2.45, 2.75) is 188 Å². The number of likely N-dealkylation sites (N-methyl/N-ethyl adjacent to an activating group) is 3. The minimum Gasteiger partial charge on any atom is -0.497 e. The quantitative estimate of drug-likeness (QED) is 0.0163. The molecule has 0 aliphatic carbocycles. The van der Waals surface area contributed by atoms with Gasteiger partial charge < -0.3 is 90.6 Å². The summed E-state index contributed by atoms with van der Waals surface area (Å²) in [4.78, 5) is 70.5. The number of unbranched alkanes of at least 4 members (excludes halogenated alkanes) is 3. The van der Waals surface area contributed by atoms with E-state index in [1.54, 1.807) is 34.6 Å². The number of rotatable bonds is 37. The first-order valence-corrected chi connectivity index (χ1v) is 47.6. The Labute approximate surface area is 799 Å². The molecule has 33 nitrogen and oxygen atoms in total. The van der Waals surface area contributed by atoms with Crippen LogP contribution >= 0.6 is 15.9 Å². The van der Waals surface area contributed by atoms with E-state index in [9.17, 15) is 15.3 Å². The van der Waals surface area contributed by atoms with Gasteiger partial charge in [-0.1, -0.05) is 71.4 Å². The third kappa shape index (κ3) is 28.1. The van der Waals surface area contributed by atoms with Crippen molar-refractivity contribution < 1.29 is 43.6 Å². The van der Waals surface area contributed by atoms with Crippen LogP contribution in [0.4, 0.5) is 35.3 Å². The van der Waals surface area contributed by atoms with Crippen LogP contribution in [0.1, 0.15) is 155 Å². The van der Waals surface area contributed by atoms with E-state index in [2.05, 4.69) is 170 Å². The smallest absolute Gasteiger partial charge is 0.496 e. The van der Waals surface area contributed by atoms with Crippen LogP contribution < -0.4 is 56.7 Å². The van der Waals surface area contributed by atoms with Crippen molar-refractivity contribution in [1.29, 1.82) is 0 Å². The molecule has 0 unspecified atom stereocenters. The van der Waals surface area contributed by atoms with Crippen LogP contribution in [-0.4, -0.2) is 287 Å². The number of anilines is 6. The summed E-state index contributed by atoms with van der Waals surface area (Å²) in [5.41, 5.74) is 17.0. The van der Waals surface area contributed by atoms with Gasteiger partial charge in [0.2, 0.25) is 17.8 Å². The molecule has 0 spiro atoms. The molecule has 0 saturated carbocycles. The molecule has 4 saturated heterocycles. The lowest BCUT2D eigenvalue weighted by molar-refractivity contribution is 0.00578. The van der Waals surface area contributed by atoms with Crippen LogP contribution in [-0.2, 0) is 42.0 Å². The number of pyridine rings is 6. The fraction of sp³-hybridized carbons (Fsp3) is 0.515. The molecule has 10 N–H and O–H groups in total. The van der Waals surface area contributed by atoms with E-state index in [4.69, 9.17) is 73.9 Å². The van der Waals surface area contributed by atoms with Gasteiger partial charge in [-0.2, -0.15) is 15.0 Å². The van der Waals surface area contributed by atoms with Crippen LogP contribution in [0, 0.1) is 0 Å². The van der Waals surface area contributed by atoms with Gasteiger partial charge in [-0.3, -0.25) is 44.6 Å². The molecule has 9 aromatic heterocycles. The van der Waals surface area contributed by atoms with Crippen LogP contribution in [0.5, 0.6) is 23.0 Å². The summed E-state index contributed by atoms with van der Waals surface area (Å²) >= 11 is 3.40. The van der Waals surface area contributed by atoms with E-state index in [0.717, 1.165) is 222 Å². The number of nitrogen functional groups attached to an aromatic ring is 1. The summed E-state index contributed by atoms with van der Waals surface area (Å²) in [6.07, 6.45) is 19.5. The highest BCUT2D eigenvalue weighted by Gasteiger charge is 2.52.